The van der Waals surface area contributed by atoms with Crippen LogP contribution >= 0.6 is 0 Å². The van der Waals surface area contributed by atoms with Crippen molar-refractivity contribution < 1.29 is 4.74 Å². The maximum Gasteiger partial charge on any atom is 0.248 e. The van der Waals surface area contributed by atoms with Crippen LogP contribution < -0.4 is 15.8 Å². The number of aromatic nitrogens is 3. The zero-order valence-corrected chi connectivity index (χ0v) is 15.1. The van der Waals surface area contributed by atoms with Crippen molar-refractivity contribution in [3.63, 3.8) is 0 Å². The highest BCUT2D eigenvalue weighted by molar-refractivity contribution is 5.85. The predicted octanol–water partition coefficient (Wildman–Crippen LogP) is 4.76. The normalized spacial score (nSPS) is 10.7. The van der Waals surface area contributed by atoms with Crippen molar-refractivity contribution in [2.45, 2.75) is 13.8 Å². The van der Waals surface area contributed by atoms with Crippen LogP contribution in [0.5, 0.6) is 11.6 Å². The average Bonchev–Trinajstić information content (AvgIpc) is 2.69. The first-order chi connectivity index (χ1) is 13.1. The van der Waals surface area contributed by atoms with Crippen molar-refractivity contribution in [1.82, 2.24) is 15.0 Å². The van der Waals surface area contributed by atoms with Crippen molar-refractivity contribution in [2.24, 2.45) is 0 Å². The molecule has 6 heteroatoms. The maximum absolute atomic E-state index is 6.28. The van der Waals surface area contributed by atoms with Gasteiger partial charge in [-0.2, -0.15) is 4.98 Å². The van der Waals surface area contributed by atoms with E-state index < -0.39 is 0 Å². The number of rotatable bonds is 4. The number of nitrogen functional groups attached to an aromatic ring is 1. The van der Waals surface area contributed by atoms with Gasteiger partial charge in [0.05, 0.1) is 0 Å². The third-order valence-corrected chi connectivity index (χ3v) is 4.51. The van der Waals surface area contributed by atoms with Gasteiger partial charge in [0, 0.05) is 17.3 Å². The smallest absolute Gasteiger partial charge is 0.248 e. The fraction of sp³-hybridized carbons (Fsp3) is 0.0952. The Balaban J connectivity index is 1.69. The minimum atomic E-state index is 0.288. The molecule has 0 aliphatic carbocycles. The van der Waals surface area contributed by atoms with E-state index in [1.54, 1.807) is 6.20 Å². The van der Waals surface area contributed by atoms with E-state index in [1.807, 2.05) is 49.4 Å². The van der Waals surface area contributed by atoms with E-state index in [9.17, 15) is 0 Å². The lowest BCUT2D eigenvalue weighted by Crippen LogP contribution is -2.04. The molecular formula is C21H19N5O. The zero-order valence-electron chi connectivity index (χ0n) is 15.1. The second kappa shape index (κ2) is 6.92. The number of fused-ring (bicyclic) bond motifs is 1. The first-order valence-corrected chi connectivity index (χ1v) is 8.59. The number of hydrogen-bond acceptors (Lipinski definition) is 6. The summed E-state index contributed by atoms with van der Waals surface area (Å²) in [5.41, 5.74) is 10.6. The van der Waals surface area contributed by atoms with Gasteiger partial charge in [0.2, 0.25) is 5.88 Å². The minimum absolute atomic E-state index is 0.288. The van der Waals surface area contributed by atoms with Crippen LogP contribution in [-0.4, -0.2) is 15.0 Å². The summed E-state index contributed by atoms with van der Waals surface area (Å²) in [5, 5.41) is 4.26. The summed E-state index contributed by atoms with van der Waals surface area (Å²) in [6.45, 7) is 4.11. The van der Waals surface area contributed by atoms with Crippen LogP contribution in [0.1, 0.15) is 11.1 Å². The molecule has 3 N–H and O–H groups in total. The Kier molecular flexibility index (Phi) is 4.30. The summed E-state index contributed by atoms with van der Waals surface area (Å²) in [6.07, 6.45) is 3.16. The zero-order chi connectivity index (χ0) is 18.8. The number of nitrogens with zero attached hydrogens (tertiary/aromatic N) is 3. The van der Waals surface area contributed by atoms with Gasteiger partial charge in [-0.05, 0) is 43.2 Å². The third-order valence-electron chi connectivity index (χ3n) is 4.51. The molecule has 4 rings (SSSR count). The lowest BCUT2D eigenvalue weighted by molar-refractivity contribution is 0.469. The predicted molar refractivity (Wildman–Crippen MR) is 107 cm³/mol. The van der Waals surface area contributed by atoms with Crippen molar-refractivity contribution in [1.29, 1.82) is 0 Å². The molecule has 6 nitrogen and oxygen atoms in total. The fourth-order valence-corrected chi connectivity index (χ4v) is 2.84. The molecule has 0 spiro atoms. The number of nitrogens with two attached hydrogens (primary N) is 1. The second-order valence-corrected chi connectivity index (χ2v) is 6.25. The molecular weight excluding hydrogens is 338 g/mol. The molecule has 4 aromatic rings. The minimum Gasteiger partial charge on any atom is -0.435 e. The Labute approximate surface area is 157 Å². The van der Waals surface area contributed by atoms with Crippen molar-refractivity contribution >= 4 is 28.1 Å². The molecule has 0 fully saturated rings. The van der Waals surface area contributed by atoms with E-state index in [4.69, 9.17) is 10.5 Å². The molecule has 0 saturated heterocycles. The molecule has 0 aliphatic rings. The Bertz CT molecular complexity index is 1120. The van der Waals surface area contributed by atoms with Crippen LogP contribution in [-0.2, 0) is 0 Å². The Morgan fingerprint density at radius 3 is 2.63 bits per heavy atom. The molecule has 0 amide bonds. The van der Waals surface area contributed by atoms with Gasteiger partial charge in [-0.15, -0.1) is 0 Å². The van der Waals surface area contributed by atoms with Gasteiger partial charge in [-0.3, -0.25) is 4.98 Å². The fourth-order valence-electron chi connectivity index (χ4n) is 2.84. The van der Waals surface area contributed by atoms with Crippen molar-refractivity contribution in [2.75, 3.05) is 11.1 Å². The number of nitrogens with one attached hydrogen (secondary N) is 1. The van der Waals surface area contributed by atoms with E-state index in [-0.39, 0.29) is 5.88 Å². The van der Waals surface area contributed by atoms with E-state index in [2.05, 4.69) is 33.3 Å². The molecule has 27 heavy (non-hydrogen) atoms. The number of pyridine rings is 1. The number of para-hydroxylation sites is 1. The van der Waals surface area contributed by atoms with Crippen LogP contribution in [0.4, 0.5) is 17.2 Å². The third kappa shape index (κ3) is 3.25. The molecule has 0 aliphatic heterocycles. The lowest BCUT2D eigenvalue weighted by atomic mass is 10.1. The highest BCUT2D eigenvalue weighted by Crippen LogP contribution is 2.34. The Morgan fingerprint density at radius 1 is 0.926 bits per heavy atom. The Morgan fingerprint density at radius 2 is 1.74 bits per heavy atom. The second-order valence-electron chi connectivity index (χ2n) is 6.25. The Hall–Kier alpha value is -3.67. The van der Waals surface area contributed by atoms with Crippen molar-refractivity contribution in [3.8, 4) is 11.6 Å². The summed E-state index contributed by atoms with van der Waals surface area (Å²) >= 11 is 0. The van der Waals surface area contributed by atoms with Gasteiger partial charge < -0.3 is 15.8 Å². The largest absolute Gasteiger partial charge is 0.435 e. The van der Waals surface area contributed by atoms with Crippen molar-refractivity contribution in [3.05, 3.63) is 72.2 Å². The standard InChI is InChI=1S/C21H19N5O/c1-13-6-3-9-16(14(13)2)26-20-18(22)21(25-12-24-20)27-17-10-4-7-15-8-5-11-23-19(15)17/h3-12H,22H2,1-2H3,(H,24,25,26). The SMILES string of the molecule is Cc1cccc(Nc2ncnc(Oc3cccc4cccnc34)c2N)c1C. The molecule has 2 heterocycles. The van der Waals surface area contributed by atoms with Gasteiger partial charge in [-0.1, -0.05) is 30.3 Å². The molecule has 2 aromatic carbocycles. The first-order valence-electron chi connectivity index (χ1n) is 8.59. The highest BCUT2D eigenvalue weighted by Gasteiger charge is 2.13. The summed E-state index contributed by atoms with van der Waals surface area (Å²) in [7, 11) is 0. The number of anilines is 3. The maximum atomic E-state index is 6.28. The lowest BCUT2D eigenvalue weighted by Gasteiger charge is -2.14. The molecule has 0 atom stereocenters. The monoisotopic (exact) mass is 357 g/mol. The summed E-state index contributed by atoms with van der Waals surface area (Å²) < 4.78 is 5.98. The van der Waals surface area contributed by atoms with Crippen LogP contribution in [0.25, 0.3) is 10.9 Å². The van der Waals surface area contributed by atoms with E-state index in [0.717, 1.165) is 22.2 Å². The molecule has 2 aromatic heterocycles. The molecule has 0 unspecified atom stereocenters. The summed E-state index contributed by atoms with van der Waals surface area (Å²) in [5.74, 6) is 1.38. The van der Waals surface area contributed by atoms with Crippen LogP contribution in [0.3, 0.4) is 0 Å². The summed E-state index contributed by atoms with van der Waals surface area (Å²) in [6, 6.07) is 15.6. The topological polar surface area (TPSA) is 86.0 Å². The van der Waals surface area contributed by atoms with Gasteiger partial charge in [0.15, 0.2) is 11.6 Å². The van der Waals surface area contributed by atoms with E-state index >= 15 is 0 Å². The molecule has 0 bridgehead atoms. The van der Waals surface area contributed by atoms with Gasteiger partial charge in [0.25, 0.3) is 0 Å². The van der Waals surface area contributed by atoms with E-state index in [0.29, 0.717) is 17.3 Å². The van der Waals surface area contributed by atoms with Crippen LogP contribution in [0.15, 0.2) is 61.1 Å². The number of benzene rings is 2. The van der Waals surface area contributed by atoms with Gasteiger partial charge in [-0.25, -0.2) is 4.98 Å². The van der Waals surface area contributed by atoms with Gasteiger partial charge >= 0.3 is 0 Å². The van der Waals surface area contributed by atoms with E-state index in [1.165, 1.54) is 11.9 Å². The number of hydrogen-bond donors (Lipinski definition) is 2. The van der Waals surface area contributed by atoms with Crippen LogP contribution in [0.2, 0.25) is 0 Å². The quantitative estimate of drug-likeness (QED) is 0.548. The number of ether oxygens (including phenoxy) is 1. The molecule has 0 radical (unpaired) electrons. The van der Waals surface area contributed by atoms with Crippen LogP contribution in [0, 0.1) is 13.8 Å². The highest BCUT2D eigenvalue weighted by atomic mass is 16.5. The molecule has 0 saturated carbocycles. The van der Waals surface area contributed by atoms with Gasteiger partial charge in [0.1, 0.15) is 17.5 Å². The molecule has 134 valence electrons. The average molecular weight is 357 g/mol. The first kappa shape index (κ1) is 16.8. The number of aryl methyl sites for hydroxylation is 1. The summed E-state index contributed by atoms with van der Waals surface area (Å²) in [4.78, 5) is 12.9.